The minimum Gasteiger partial charge on any atom is -0.387 e. The first-order valence-corrected chi connectivity index (χ1v) is 13.4. The molecule has 0 unspecified atom stereocenters. The first-order valence-electron chi connectivity index (χ1n) is 13.4. The second-order valence-electron chi connectivity index (χ2n) is 12.1. The lowest BCUT2D eigenvalue weighted by Crippen LogP contribution is -2.48. The standard InChI is InChI=1S/C28H37N7O3/c1-28(2,3)16-5-6-19-20(12-16)33-22(32-19)11-15-9-17(10-15)34(4)13-21-23(36)24(37)27(38-21)35-8-7-18-25(29)30-14-31-26(18)35/h5-8,12,14-15,17,21,23-24,27,36-37H,9-11,13H2,1-4H3,(H,32,33)(H2,29,30,31)/t15?,17?,21-,23-,24-,27-/m1/s1. The number of anilines is 1. The number of nitrogens with one attached hydrogen (secondary N) is 1. The Labute approximate surface area is 221 Å². The number of aromatic nitrogens is 5. The number of rotatable bonds is 6. The number of nitrogens with zero attached hydrogens (tertiary/aromatic N) is 5. The molecule has 4 aromatic rings. The number of aromatic amines is 1. The molecule has 1 aliphatic carbocycles. The number of ether oxygens (including phenoxy) is 1. The summed E-state index contributed by atoms with van der Waals surface area (Å²) in [7, 11) is 2.06. The molecule has 0 amide bonds. The molecule has 1 saturated carbocycles. The summed E-state index contributed by atoms with van der Waals surface area (Å²) in [4.78, 5) is 18.9. The Morgan fingerprint density at radius 2 is 1.95 bits per heavy atom. The smallest absolute Gasteiger partial charge is 0.164 e. The van der Waals surface area contributed by atoms with Crippen molar-refractivity contribution in [2.75, 3.05) is 19.3 Å². The van der Waals surface area contributed by atoms with E-state index in [1.807, 2.05) is 0 Å². The van der Waals surface area contributed by atoms with Gasteiger partial charge in [-0.25, -0.2) is 15.0 Å². The van der Waals surface area contributed by atoms with Crippen molar-refractivity contribution in [3.05, 3.63) is 48.2 Å². The summed E-state index contributed by atoms with van der Waals surface area (Å²) in [5, 5.41) is 22.2. The maximum atomic E-state index is 10.8. The van der Waals surface area contributed by atoms with Gasteiger partial charge in [0.1, 0.15) is 41.9 Å². The van der Waals surface area contributed by atoms with Crippen molar-refractivity contribution < 1.29 is 14.9 Å². The zero-order valence-electron chi connectivity index (χ0n) is 22.4. The number of aliphatic hydroxyl groups is 2. The largest absolute Gasteiger partial charge is 0.387 e. The van der Waals surface area contributed by atoms with Gasteiger partial charge in [-0.15, -0.1) is 0 Å². The highest BCUT2D eigenvalue weighted by Crippen LogP contribution is 2.37. The predicted molar refractivity (Wildman–Crippen MR) is 146 cm³/mol. The van der Waals surface area contributed by atoms with E-state index in [1.54, 1.807) is 16.8 Å². The third-order valence-corrected chi connectivity index (χ3v) is 8.33. The Morgan fingerprint density at radius 3 is 2.71 bits per heavy atom. The second kappa shape index (κ2) is 9.30. The van der Waals surface area contributed by atoms with E-state index in [4.69, 9.17) is 15.5 Å². The summed E-state index contributed by atoms with van der Waals surface area (Å²) in [5.41, 5.74) is 10.0. The summed E-state index contributed by atoms with van der Waals surface area (Å²) in [6.45, 7) is 7.19. The molecule has 1 aromatic carbocycles. The van der Waals surface area contributed by atoms with E-state index < -0.39 is 24.5 Å². The van der Waals surface area contributed by atoms with Gasteiger partial charge in [0.25, 0.3) is 0 Å². The lowest BCUT2D eigenvalue weighted by atomic mass is 9.77. The van der Waals surface area contributed by atoms with Gasteiger partial charge in [0, 0.05) is 25.2 Å². The third-order valence-electron chi connectivity index (χ3n) is 8.33. The molecule has 5 N–H and O–H groups in total. The molecule has 2 aliphatic rings. The van der Waals surface area contributed by atoms with Crippen molar-refractivity contribution in [1.82, 2.24) is 29.4 Å². The third kappa shape index (κ3) is 4.45. The lowest BCUT2D eigenvalue weighted by molar-refractivity contribution is -0.0509. The van der Waals surface area contributed by atoms with Crippen LogP contribution in [-0.2, 0) is 16.6 Å². The molecule has 10 heteroatoms. The molecule has 0 radical (unpaired) electrons. The molecule has 4 heterocycles. The average molecular weight is 520 g/mol. The summed E-state index contributed by atoms with van der Waals surface area (Å²) < 4.78 is 7.88. The lowest BCUT2D eigenvalue weighted by Gasteiger charge is -2.42. The molecule has 0 spiro atoms. The molecule has 0 bridgehead atoms. The number of benzene rings is 1. The highest BCUT2D eigenvalue weighted by molar-refractivity contribution is 5.86. The van der Waals surface area contributed by atoms with E-state index in [0.717, 1.165) is 36.1 Å². The number of likely N-dealkylation sites (N-methyl/N-ethyl adjacent to an activating group) is 1. The molecule has 6 rings (SSSR count). The van der Waals surface area contributed by atoms with E-state index >= 15 is 0 Å². The number of imidazole rings is 1. The van der Waals surface area contributed by atoms with Crippen LogP contribution in [0.4, 0.5) is 5.82 Å². The van der Waals surface area contributed by atoms with Crippen LogP contribution >= 0.6 is 0 Å². The van der Waals surface area contributed by atoms with Gasteiger partial charge in [-0.2, -0.15) is 0 Å². The molecular formula is C28H37N7O3. The van der Waals surface area contributed by atoms with Gasteiger partial charge in [-0.3, -0.25) is 0 Å². The first kappa shape index (κ1) is 25.2. The van der Waals surface area contributed by atoms with E-state index in [-0.39, 0.29) is 5.41 Å². The number of H-pyrrole nitrogens is 1. The molecule has 1 saturated heterocycles. The fourth-order valence-corrected chi connectivity index (χ4v) is 5.86. The van der Waals surface area contributed by atoms with Crippen LogP contribution in [0.15, 0.2) is 36.8 Å². The van der Waals surface area contributed by atoms with Gasteiger partial charge in [0.15, 0.2) is 6.23 Å². The average Bonchev–Trinajstić information content (AvgIpc) is 3.52. The van der Waals surface area contributed by atoms with Crippen LogP contribution in [0.2, 0.25) is 0 Å². The number of nitrogens with two attached hydrogens (primary N) is 1. The van der Waals surface area contributed by atoms with Gasteiger partial charge in [0.2, 0.25) is 0 Å². The van der Waals surface area contributed by atoms with Crippen LogP contribution in [-0.4, -0.2) is 77.6 Å². The van der Waals surface area contributed by atoms with E-state index in [2.05, 4.69) is 65.9 Å². The summed E-state index contributed by atoms with van der Waals surface area (Å²) in [6, 6.07) is 8.72. The van der Waals surface area contributed by atoms with Gasteiger partial charge in [-0.1, -0.05) is 26.8 Å². The molecule has 3 aromatic heterocycles. The number of hydrogen-bond donors (Lipinski definition) is 4. The summed E-state index contributed by atoms with van der Waals surface area (Å²) >= 11 is 0. The Bertz CT molecular complexity index is 1450. The van der Waals surface area contributed by atoms with Crippen LogP contribution in [0.1, 0.15) is 51.2 Å². The maximum absolute atomic E-state index is 10.8. The van der Waals surface area contributed by atoms with Crippen LogP contribution in [0.5, 0.6) is 0 Å². The normalized spacial score (nSPS) is 28.0. The Balaban J connectivity index is 1.05. The van der Waals surface area contributed by atoms with Gasteiger partial charge >= 0.3 is 0 Å². The van der Waals surface area contributed by atoms with Crippen molar-refractivity contribution in [2.24, 2.45) is 5.92 Å². The summed E-state index contributed by atoms with van der Waals surface area (Å²) in [6.07, 6.45) is 2.89. The maximum Gasteiger partial charge on any atom is 0.164 e. The van der Waals surface area contributed by atoms with Crippen molar-refractivity contribution in [3.8, 4) is 0 Å². The monoisotopic (exact) mass is 519 g/mol. The molecule has 38 heavy (non-hydrogen) atoms. The number of hydrogen-bond acceptors (Lipinski definition) is 8. The number of nitrogen functional groups attached to an aromatic ring is 1. The number of aliphatic hydroxyl groups excluding tert-OH is 2. The zero-order chi connectivity index (χ0) is 26.8. The van der Waals surface area contributed by atoms with Crippen molar-refractivity contribution in [1.29, 1.82) is 0 Å². The second-order valence-corrected chi connectivity index (χ2v) is 12.1. The van der Waals surface area contributed by atoms with E-state index in [1.165, 1.54) is 11.9 Å². The minimum atomic E-state index is -1.07. The van der Waals surface area contributed by atoms with Crippen LogP contribution < -0.4 is 5.73 Å². The van der Waals surface area contributed by atoms with E-state index in [0.29, 0.717) is 35.4 Å². The van der Waals surface area contributed by atoms with Crippen molar-refractivity contribution in [2.45, 2.75) is 76.0 Å². The minimum absolute atomic E-state index is 0.101. The van der Waals surface area contributed by atoms with E-state index in [9.17, 15) is 10.2 Å². The van der Waals surface area contributed by atoms with Gasteiger partial charge in [0.05, 0.1) is 16.4 Å². The number of fused-ring (bicyclic) bond motifs is 2. The zero-order valence-corrected chi connectivity index (χ0v) is 22.4. The fourth-order valence-electron chi connectivity index (χ4n) is 5.86. The molecule has 10 nitrogen and oxygen atoms in total. The SMILES string of the molecule is CN(C[C@H]1O[C@@H](n2ccc3c(N)ncnc32)[C@H](O)[C@@H]1O)C1CC(Cc2nc3cc(C(C)(C)C)ccc3[nH]2)C1. The predicted octanol–water partition coefficient (Wildman–Crippen LogP) is 2.76. The Kier molecular flexibility index (Phi) is 6.18. The molecule has 4 atom stereocenters. The molecule has 2 fully saturated rings. The topological polar surface area (TPSA) is 138 Å². The highest BCUT2D eigenvalue weighted by Gasteiger charge is 2.45. The fraction of sp³-hybridized carbons (Fsp3) is 0.536. The first-order chi connectivity index (χ1) is 18.1. The molecule has 1 aliphatic heterocycles. The van der Waals surface area contributed by atoms with Crippen LogP contribution in [0, 0.1) is 5.92 Å². The highest BCUT2D eigenvalue weighted by atomic mass is 16.6. The van der Waals surface area contributed by atoms with Crippen LogP contribution in [0.25, 0.3) is 22.1 Å². The van der Waals surface area contributed by atoms with Gasteiger partial charge in [-0.05, 0) is 55.0 Å². The van der Waals surface area contributed by atoms with Gasteiger partial charge < -0.3 is 35.1 Å². The molecule has 202 valence electrons. The van der Waals surface area contributed by atoms with Crippen LogP contribution in [0.3, 0.4) is 0 Å². The quantitative estimate of drug-likeness (QED) is 0.305. The van der Waals surface area contributed by atoms with Crippen molar-refractivity contribution >= 4 is 27.9 Å². The Hall–Kier alpha value is -3.05. The summed E-state index contributed by atoms with van der Waals surface area (Å²) in [5.74, 6) is 1.98. The van der Waals surface area contributed by atoms with Crippen molar-refractivity contribution in [3.63, 3.8) is 0 Å². The Morgan fingerprint density at radius 1 is 1.16 bits per heavy atom. The molecular weight excluding hydrogens is 482 g/mol.